The molecule has 0 aliphatic carbocycles. The summed E-state index contributed by atoms with van der Waals surface area (Å²) >= 11 is 0. The average Bonchev–Trinajstić information content (AvgIpc) is 2.36. The van der Waals surface area contributed by atoms with Crippen molar-refractivity contribution in [1.29, 1.82) is 0 Å². The number of rotatable bonds is 5. The number of aliphatic hydroxyl groups is 1. The maximum atomic E-state index is 10.1. The van der Waals surface area contributed by atoms with Crippen LogP contribution in [0, 0.1) is 13.8 Å². The molecule has 0 fully saturated rings. The fourth-order valence-electron chi connectivity index (χ4n) is 2.32. The average molecular weight is 255 g/mol. The molecule has 2 aromatic carbocycles. The Kier molecular flexibility index (Phi) is 4.58. The van der Waals surface area contributed by atoms with E-state index in [1.165, 1.54) is 16.7 Å². The quantitative estimate of drug-likeness (QED) is 0.859. The number of para-hydroxylation sites is 1. The van der Waals surface area contributed by atoms with E-state index in [4.69, 9.17) is 0 Å². The minimum atomic E-state index is -0.374. The van der Waals surface area contributed by atoms with Gasteiger partial charge in [-0.2, -0.15) is 0 Å². The van der Waals surface area contributed by atoms with Crippen molar-refractivity contribution in [2.75, 3.05) is 11.9 Å². The second-order valence-electron chi connectivity index (χ2n) is 5.10. The molecular weight excluding hydrogens is 234 g/mol. The molecule has 0 bridgehead atoms. The van der Waals surface area contributed by atoms with Crippen molar-refractivity contribution < 1.29 is 5.11 Å². The standard InChI is InChI=1S/C17H21NO/c1-13-8-14(2)10-15(9-13)11-17(19)12-18-16-6-4-3-5-7-16/h3-10,17-19H,11-12H2,1-2H3/t17-/m0/s1. The van der Waals surface area contributed by atoms with Crippen LogP contribution in [0.15, 0.2) is 48.5 Å². The number of hydrogen-bond donors (Lipinski definition) is 2. The molecule has 0 heterocycles. The van der Waals surface area contributed by atoms with Crippen LogP contribution in [0.5, 0.6) is 0 Å². The zero-order valence-electron chi connectivity index (χ0n) is 11.6. The third kappa shape index (κ3) is 4.42. The summed E-state index contributed by atoms with van der Waals surface area (Å²) in [5.74, 6) is 0. The van der Waals surface area contributed by atoms with E-state index in [1.54, 1.807) is 0 Å². The van der Waals surface area contributed by atoms with E-state index in [9.17, 15) is 5.11 Å². The van der Waals surface area contributed by atoms with Gasteiger partial charge in [0.1, 0.15) is 0 Å². The van der Waals surface area contributed by atoms with Crippen molar-refractivity contribution in [3.63, 3.8) is 0 Å². The van der Waals surface area contributed by atoms with Crippen LogP contribution in [-0.2, 0) is 6.42 Å². The lowest BCUT2D eigenvalue weighted by Crippen LogP contribution is -2.21. The Labute approximate surface area is 115 Å². The Morgan fingerprint density at radius 1 is 1.00 bits per heavy atom. The summed E-state index contributed by atoms with van der Waals surface area (Å²) in [6, 6.07) is 16.4. The Morgan fingerprint density at radius 3 is 2.26 bits per heavy atom. The van der Waals surface area contributed by atoms with E-state index in [-0.39, 0.29) is 6.10 Å². The molecule has 2 nitrogen and oxygen atoms in total. The van der Waals surface area contributed by atoms with Gasteiger partial charge in [-0.1, -0.05) is 47.5 Å². The van der Waals surface area contributed by atoms with Crippen LogP contribution in [0.25, 0.3) is 0 Å². The van der Waals surface area contributed by atoms with Crippen molar-refractivity contribution in [3.05, 3.63) is 65.2 Å². The topological polar surface area (TPSA) is 32.3 Å². The highest BCUT2D eigenvalue weighted by molar-refractivity contribution is 5.42. The Balaban J connectivity index is 1.89. The Hall–Kier alpha value is -1.80. The van der Waals surface area contributed by atoms with Gasteiger partial charge in [0, 0.05) is 18.7 Å². The highest BCUT2D eigenvalue weighted by Crippen LogP contribution is 2.12. The van der Waals surface area contributed by atoms with E-state index in [0.717, 1.165) is 5.69 Å². The zero-order chi connectivity index (χ0) is 13.7. The largest absolute Gasteiger partial charge is 0.391 e. The van der Waals surface area contributed by atoms with Crippen molar-refractivity contribution in [3.8, 4) is 0 Å². The predicted molar refractivity (Wildman–Crippen MR) is 80.6 cm³/mol. The van der Waals surface area contributed by atoms with Crippen LogP contribution >= 0.6 is 0 Å². The van der Waals surface area contributed by atoms with Crippen LogP contribution in [-0.4, -0.2) is 17.8 Å². The van der Waals surface area contributed by atoms with Crippen molar-refractivity contribution >= 4 is 5.69 Å². The highest BCUT2D eigenvalue weighted by atomic mass is 16.3. The summed E-state index contributed by atoms with van der Waals surface area (Å²) < 4.78 is 0. The fourth-order valence-corrected chi connectivity index (χ4v) is 2.32. The van der Waals surface area contributed by atoms with Crippen LogP contribution in [0.1, 0.15) is 16.7 Å². The Morgan fingerprint density at radius 2 is 1.63 bits per heavy atom. The number of nitrogens with one attached hydrogen (secondary N) is 1. The number of anilines is 1. The summed E-state index contributed by atoms with van der Waals surface area (Å²) in [5, 5.41) is 13.3. The third-order valence-corrected chi connectivity index (χ3v) is 3.07. The van der Waals surface area contributed by atoms with Crippen LogP contribution < -0.4 is 5.32 Å². The lowest BCUT2D eigenvalue weighted by Gasteiger charge is -2.13. The SMILES string of the molecule is Cc1cc(C)cc(C[C@H](O)CNc2ccccc2)c1. The van der Waals surface area contributed by atoms with Crippen molar-refractivity contribution in [2.45, 2.75) is 26.4 Å². The third-order valence-electron chi connectivity index (χ3n) is 3.07. The van der Waals surface area contributed by atoms with Gasteiger partial charge < -0.3 is 10.4 Å². The van der Waals surface area contributed by atoms with E-state index in [1.807, 2.05) is 30.3 Å². The molecule has 0 unspecified atom stereocenters. The lowest BCUT2D eigenvalue weighted by molar-refractivity contribution is 0.188. The van der Waals surface area contributed by atoms with E-state index < -0.39 is 0 Å². The molecule has 0 radical (unpaired) electrons. The molecule has 0 aromatic heterocycles. The monoisotopic (exact) mass is 255 g/mol. The number of hydrogen-bond acceptors (Lipinski definition) is 2. The molecule has 1 atom stereocenters. The minimum absolute atomic E-state index is 0.374. The van der Waals surface area contributed by atoms with Crippen LogP contribution in [0.2, 0.25) is 0 Å². The van der Waals surface area contributed by atoms with Crippen LogP contribution in [0.4, 0.5) is 5.69 Å². The maximum absolute atomic E-state index is 10.1. The van der Waals surface area contributed by atoms with Gasteiger partial charge in [-0.25, -0.2) is 0 Å². The molecule has 2 aromatic rings. The number of aliphatic hydroxyl groups excluding tert-OH is 1. The first kappa shape index (κ1) is 13.6. The fraction of sp³-hybridized carbons (Fsp3) is 0.294. The van der Waals surface area contributed by atoms with E-state index in [2.05, 4.69) is 37.4 Å². The van der Waals surface area contributed by atoms with Gasteiger partial charge in [-0.15, -0.1) is 0 Å². The van der Waals surface area contributed by atoms with Crippen molar-refractivity contribution in [1.82, 2.24) is 0 Å². The summed E-state index contributed by atoms with van der Waals surface area (Å²) in [5.41, 5.74) is 4.73. The molecule has 19 heavy (non-hydrogen) atoms. The molecular formula is C17H21NO. The van der Waals surface area contributed by atoms with E-state index in [0.29, 0.717) is 13.0 Å². The molecule has 100 valence electrons. The maximum Gasteiger partial charge on any atom is 0.0752 e. The molecule has 0 amide bonds. The minimum Gasteiger partial charge on any atom is -0.391 e. The first-order valence-corrected chi connectivity index (χ1v) is 6.67. The molecule has 0 saturated heterocycles. The Bertz CT molecular complexity index is 502. The second-order valence-corrected chi connectivity index (χ2v) is 5.10. The van der Waals surface area contributed by atoms with Crippen molar-refractivity contribution in [2.24, 2.45) is 0 Å². The van der Waals surface area contributed by atoms with Gasteiger partial charge in [0.05, 0.1) is 6.10 Å². The van der Waals surface area contributed by atoms with Crippen LogP contribution in [0.3, 0.4) is 0 Å². The molecule has 2 N–H and O–H groups in total. The molecule has 2 rings (SSSR count). The normalized spacial score (nSPS) is 12.2. The molecule has 0 aliphatic rings. The van der Waals surface area contributed by atoms with Gasteiger partial charge in [-0.3, -0.25) is 0 Å². The molecule has 2 heteroatoms. The number of benzene rings is 2. The predicted octanol–water partition coefficient (Wildman–Crippen LogP) is 3.32. The highest BCUT2D eigenvalue weighted by Gasteiger charge is 2.06. The first-order chi connectivity index (χ1) is 9.13. The molecule has 0 aliphatic heterocycles. The first-order valence-electron chi connectivity index (χ1n) is 6.67. The van der Waals surface area contributed by atoms with E-state index >= 15 is 0 Å². The van der Waals surface area contributed by atoms with Gasteiger partial charge in [0.2, 0.25) is 0 Å². The smallest absolute Gasteiger partial charge is 0.0752 e. The van der Waals surface area contributed by atoms with Gasteiger partial charge in [0.15, 0.2) is 0 Å². The van der Waals surface area contributed by atoms with Gasteiger partial charge >= 0.3 is 0 Å². The summed E-state index contributed by atoms with van der Waals surface area (Å²) in [6.45, 7) is 4.74. The molecule has 0 spiro atoms. The summed E-state index contributed by atoms with van der Waals surface area (Å²) in [6.07, 6.45) is 0.309. The van der Waals surface area contributed by atoms with Gasteiger partial charge in [-0.05, 0) is 31.5 Å². The molecule has 0 saturated carbocycles. The zero-order valence-corrected chi connectivity index (χ0v) is 11.6. The lowest BCUT2D eigenvalue weighted by atomic mass is 10.0. The summed E-state index contributed by atoms with van der Waals surface area (Å²) in [7, 11) is 0. The second kappa shape index (κ2) is 6.39. The van der Waals surface area contributed by atoms with Gasteiger partial charge in [0.25, 0.3) is 0 Å². The summed E-state index contributed by atoms with van der Waals surface area (Å²) in [4.78, 5) is 0. The number of aryl methyl sites for hydroxylation is 2.